The molecule has 0 radical (unpaired) electrons. The number of thioether (sulfide) groups is 1. The monoisotopic (exact) mass is 390 g/mol. The number of piperidine rings is 1. The highest BCUT2D eigenvalue weighted by molar-refractivity contribution is 8.02. The Morgan fingerprint density at radius 3 is 2.73 bits per heavy atom. The maximum atomic E-state index is 12.9. The second-order valence-corrected chi connectivity index (χ2v) is 9.57. The molecule has 0 aliphatic carbocycles. The van der Waals surface area contributed by atoms with Gasteiger partial charge in [-0.25, -0.2) is 0 Å². The normalized spacial score (nSPS) is 21.5. The van der Waals surface area contributed by atoms with E-state index in [-0.39, 0.29) is 11.2 Å². The lowest BCUT2D eigenvalue weighted by atomic mass is 9.97. The third-order valence-electron chi connectivity index (χ3n) is 4.75. The Kier molecular flexibility index (Phi) is 6.19. The van der Waals surface area contributed by atoms with Crippen LogP contribution in [0.25, 0.3) is 0 Å². The largest absolute Gasteiger partial charge is 0.336 e. The molecular formula is C19H26N4OS2. The molecule has 1 N–H and O–H groups in total. The van der Waals surface area contributed by atoms with E-state index in [1.807, 2.05) is 19.1 Å². The zero-order valence-electron chi connectivity index (χ0n) is 15.7. The lowest BCUT2D eigenvalue weighted by Gasteiger charge is -2.40. The number of carbonyl (C=O) groups excluding carboxylic acids is 1. The van der Waals surface area contributed by atoms with Crippen LogP contribution >= 0.6 is 23.1 Å². The van der Waals surface area contributed by atoms with Gasteiger partial charge in [0.05, 0.1) is 5.25 Å². The maximum Gasteiger partial charge on any atom is 0.236 e. The molecule has 26 heavy (non-hydrogen) atoms. The first-order valence-electron chi connectivity index (χ1n) is 9.10. The standard InChI is InChI=1S/C19H26N4OS2/c1-12-7-5-10-16(11-12)20-18-21-22-19(26-18)25-15(4)17(24)23-13(2)8-6-9-14(23)3/h5,7,10-11,13-15H,6,8-9H2,1-4H3,(H,20,21)/t13-,14+,15-/m0/s1. The lowest BCUT2D eigenvalue weighted by Crippen LogP contribution is -2.50. The van der Waals surface area contributed by atoms with Crippen molar-refractivity contribution in [2.45, 2.75) is 68.6 Å². The van der Waals surface area contributed by atoms with Crippen LogP contribution in [0.15, 0.2) is 28.6 Å². The van der Waals surface area contributed by atoms with Crippen molar-refractivity contribution >= 4 is 39.8 Å². The van der Waals surface area contributed by atoms with E-state index in [9.17, 15) is 4.79 Å². The predicted molar refractivity (Wildman–Crippen MR) is 109 cm³/mol. The molecule has 0 spiro atoms. The summed E-state index contributed by atoms with van der Waals surface area (Å²) in [5, 5.41) is 12.3. The van der Waals surface area contributed by atoms with Crippen LogP contribution in [0.1, 0.15) is 45.6 Å². The third kappa shape index (κ3) is 4.57. The summed E-state index contributed by atoms with van der Waals surface area (Å²) in [6.45, 7) is 8.33. The molecule has 2 aromatic rings. The van der Waals surface area contributed by atoms with Gasteiger partial charge in [0.25, 0.3) is 0 Å². The lowest BCUT2D eigenvalue weighted by molar-refractivity contribution is -0.136. The van der Waals surface area contributed by atoms with Crippen molar-refractivity contribution in [2.24, 2.45) is 0 Å². The van der Waals surface area contributed by atoms with E-state index in [4.69, 9.17) is 0 Å². The molecule has 1 aliphatic rings. The summed E-state index contributed by atoms with van der Waals surface area (Å²) >= 11 is 2.98. The zero-order valence-corrected chi connectivity index (χ0v) is 17.4. The molecule has 5 nitrogen and oxygen atoms in total. The first kappa shape index (κ1) is 19.2. The van der Waals surface area contributed by atoms with Crippen molar-refractivity contribution in [1.82, 2.24) is 15.1 Å². The SMILES string of the molecule is Cc1cccc(Nc2nnc(S[C@@H](C)C(=O)N3[C@H](C)CCC[C@@H]3C)s2)c1. The van der Waals surface area contributed by atoms with Crippen LogP contribution in [0.5, 0.6) is 0 Å². The van der Waals surface area contributed by atoms with E-state index < -0.39 is 0 Å². The number of hydrogen-bond acceptors (Lipinski definition) is 6. The van der Waals surface area contributed by atoms with Gasteiger partial charge in [0.1, 0.15) is 0 Å². The fourth-order valence-corrected chi connectivity index (χ4v) is 5.39. The molecule has 1 saturated heterocycles. The van der Waals surface area contributed by atoms with Gasteiger partial charge >= 0.3 is 0 Å². The number of rotatable bonds is 5. The predicted octanol–water partition coefficient (Wildman–Crippen LogP) is 4.86. The number of hydrogen-bond donors (Lipinski definition) is 1. The number of anilines is 2. The molecule has 140 valence electrons. The number of carbonyl (C=O) groups is 1. The minimum atomic E-state index is -0.155. The smallest absolute Gasteiger partial charge is 0.236 e. The van der Waals surface area contributed by atoms with E-state index in [1.54, 1.807) is 0 Å². The van der Waals surface area contributed by atoms with Crippen molar-refractivity contribution < 1.29 is 4.79 Å². The van der Waals surface area contributed by atoms with Crippen LogP contribution in [0.3, 0.4) is 0 Å². The molecule has 1 amide bonds. The summed E-state index contributed by atoms with van der Waals surface area (Å²) in [5.74, 6) is 0.207. The quantitative estimate of drug-likeness (QED) is 0.739. The highest BCUT2D eigenvalue weighted by Gasteiger charge is 2.32. The Morgan fingerprint density at radius 2 is 2.04 bits per heavy atom. The van der Waals surface area contributed by atoms with Gasteiger partial charge in [-0.1, -0.05) is 35.2 Å². The first-order chi connectivity index (χ1) is 12.4. The molecule has 7 heteroatoms. The Balaban J connectivity index is 1.62. The Bertz CT molecular complexity index is 754. The number of benzene rings is 1. The molecule has 0 bridgehead atoms. The number of likely N-dealkylation sites (tertiary alicyclic amines) is 1. The van der Waals surface area contributed by atoms with Crippen LogP contribution in [-0.4, -0.2) is 38.3 Å². The Labute approximate surface area is 163 Å². The Hall–Kier alpha value is -1.60. The number of aromatic nitrogens is 2. The van der Waals surface area contributed by atoms with Crippen LogP contribution in [-0.2, 0) is 4.79 Å². The molecule has 3 rings (SSSR count). The summed E-state index contributed by atoms with van der Waals surface area (Å²) < 4.78 is 0.818. The van der Waals surface area contributed by atoms with E-state index in [0.29, 0.717) is 12.1 Å². The van der Waals surface area contributed by atoms with E-state index in [0.717, 1.165) is 28.0 Å². The highest BCUT2D eigenvalue weighted by Crippen LogP contribution is 2.33. The first-order valence-corrected chi connectivity index (χ1v) is 10.8. The Morgan fingerprint density at radius 1 is 1.31 bits per heavy atom. The van der Waals surface area contributed by atoms with Gasteiger partial charge in [-0.05, 0) is 64.7 Å². The summed E-state index contributed by atoms with van der Waals surface area (Å²) in [7, 11) is 0. The van der Waals surface area contributed by atoms with Gasteiger partial charge in [-0.3, -0.25) is 4.79 Å². The van der Waals surface area contributed by atoms with E-state index >= 15 is 0 Å². The third-order valence-corrected chi connectivity index (χ3v) is 6.76. The molecule has 1 aromatic carbocycles. The average molecular weight is 391 g/mol. The van der Waals surface area contributed by atoms with Crippen molar-refractivity contribution in [3.05, 3.63) is 29.8 Å². The van der Waals surface area contributed by atoms with E-state index in [1.165, 1.54) is 35.1 Å². The van der Waals surface area contributed by atoms with Gasteiger partial charge in [0, 0.05) is 17.8 Å². The molecule has 1 fully saturated rings. The number of nitrogens with one attached hydrogen (secondary N) is 1. The van der Waals surface area contributed by atoms with Crippen LogP contribution < -0.4 is 5.32 Å². The topological polar surface area (TPSA) is 58.1 Å². The molecule has 0 unspecified atom stereocenters. The van der Waals surface area contributed by atoms with Gasteiger partial charge in [-0.2, -0.15) is 0 Å². The number of aryl methyl sites for hydroxylation is 1. The minimum absolute atomic E-state index is 0.155. The highest BCUT2D eigenvalue weighted by atomic mass is 32.2. The fraction of sp³-hybridized carbons (Fsp3) is 0.526. The van der Waals surface area contributed by atoms with Crippen molar-refractivity contribution in [2.75, 3.05) is 5.32 Å². The minimum Gasteiger partial charge on any atom is -0.336 e. The molecule has 3 atom stereocenters. The fourth-order valence-electron chi connectivity index (χ4n) is 3.42. The summed E-state index contributed by atoms with van der Waals surface area (Å²) in [6, 6.07) is 8.79. The van der Waals surface area contributed by atoms with Gasteiger partial charge in [-0.15, -0.1) is 10.2 Å². The summed E-state index contributed by atoms with van der Waals surface area (Å²) in [4.78, 5) is 15.0. The maximum absolute atomic E-state index is 12.9. The van der Waals surface area contributed by atoms with Crippen LogP contribution in [0, 0.1) is 6.92 Å². The second-order valence-electron chi connectivity index (χ2n) is 7.00. The van der Waals surface area contributed by atoms with Crippen molar-refractivity contribution in [3.8, 4) is 0 Å². The van der Waals surface area contributed by atoms with Gasteiger partial charge in [0.15, 0.2) is 4.34 Å². The average Bonchev–Trinajstić information content (AvgIpc) is 3.01. The van der Waals surface area contributed by atoms with Crippen LogP contribution in [0.2, 0.25) is 0 Å². The zero-order chi connectivity index (χ0) is 18.7. The molecular weight excluding hydrogens is 364 g/mol. The van der Waals surface area contributed by atoms with Crippen molar-refractivity contribution in [3.63, 3.8) is 0 Å². The van der Waals surface area contributed by atoms with E-state index in [2.05, 4.69) is 53.3 Å². The summed E-state index contributed by atoms with van der Waals surface area (Å²) in [6.07, 6.45) is 3.39. The molecule has 0 saturated carbocycles. The van der Waals surface area contributed by atoms with Crippen molar-refractivity contribution in [1.29, 1.82) is 0 Å². The summed E-state index contributed by atoms with van der Waals surface area (Å²) in [5.41, 5.74) is 2.19. The van der Waals surface area contributed by atoms with Gasteiger partial charge < -0.3 is 10.2 Å². The van der Waals surface area contributed by atoms with Crippen LogP contribution in [0.4, 0.5) is 10.8 Å². The second kappa shape index (κ2) is 8.39. The molecule has 1 aromatic heterocycles. The van der Waals surface area contributed by atoms with Gasteiger partial charge in [0.2, 0.25) is 11.0 Å². The molecule has 1 aliphatic heterocycles. The molecule has 2 heterocycles. The number of amides is 1. The number of nitrogens with zero attached hydrogens (tertiary/aromatic N) is 3.